The summed E-state index contributed by atoms with van der Waals surface area (Å²) in [6, 6.07) is 0.979. The van der Waals surface area contributed by atoms with Crippen molar-refractivity contribution in [3.63, 3.8) is 0 Å². The molecule has 0 atom stereocenters. The van der Waals surface area contributed by atoms with E-state index in [1.54, 1.807) is 0 Å². The highest BCUT2D eigenvalue weighted by Crippen LogP contribution is 2.32. The Hall–Kier alpha value is -2.18. The van der Waals surface area contributed by atoms with Crippen molar-refractivity contribution in [2.45, 2.75) is 0 Å². The Morgan fingerprint density at radius 3 is 2.53 bits per heavy atom. The zero-order valence-electron chi connectivity index (χ0n) is 7.78. The molecular formula is C8H8FN3O3. The van der Waals surface area contributed by atoms with Gasteiger partial charge in [-0.1, -0.05) is 0 Å². The van der Waals surface area contributed by atoms with Crippen LogP contribution in [-0.4, -0.2) is 13.1 Å². The van der Waals surface area contributed by atoms with Crippen LogP contribution < -0.4 is 11.5 Å². The van der Waals surface area contributed by atoms with Crippen LogP contribution in [0.1, 0.15) is 10.4 Å². The van der Waals surface area contributed by atoms with Crippen LogP contribution in [0.3, 0.4) is 0 Å². The minimum atomic E-state index is -1.05. The third-order valence-electron chi connectivity index (χ3n) is 1.82. The van der Waals surface area contributed by atoms with E-state index in [4.69, 9.17) is 11.5 Å². The average molecular weight is 213 g/mol. The van der Waals surface area contributed by atoms with Crippen molar-refractivity contribution in [3.8, 4) is 0 Å². The molecule has 80 valence electrons. The van der Waals surface area contributed by atoms with Crippen molar-refractivity contribution in [1.29, 1.82) is 0 Å². The number of nitroso groups, excluding NO2 is 1. The van der Waals surface area contributed by atoms with Gasteiger partial charge in [0.25, 0.3) is 0 Å². The predicted molar refractivity (Wildman–Crippen MR) is 52.0 cm³/mol. The molecule has 1 aromatic carbocycles. The molecule has 0 radical (unpaired) electrons. The van der Waals surface area contributed by atoms with Gasteiger partial charge in [0.1, 0.15) is 5.69 Å². The Bertz CT molecular complexity index is 434. The van der Waals surface area contributed by atoms with Gasteiger partial charge in [-0.25, -0.2) is 9.18 Å². The molecule has 7 heteroatoms. The monoisotopic (exact) mass is 213 g/mol. The van der Waals surface area contributed by atoms with Crippen LogP contribution in [0, 0.1) is 10.7 Å². The number of carbonyl (C=O) groups excluding carboxylic acids is 1. The predicted octanol–water partition coefficient (Wildman–Crippen LogP) is 1.17. The fraction of sp³-hybridized carbons (Fsp3) is 0.125. The van der Waals surface area contributed by atoms with Gasteiger partial charge >= 0.3 is 5.97 Å². The summed E-state index contributed by atoms with van der Waals surface area (Å²) in [5.41, 5.74) is 8.87. The van der Waals surface area contributed by atoms with Crippen LogP contribution in [-0.2, 0) is 4.74 Å². The molecule has 0 amide bonds. The molecule has 0 aliphatic heterocycles. The van der Waals surface area contributed by atoms with Crippen LogP contribution in [0.4, 0.5) is 21.5 Å². The molecule has 1 rings (SSSR count). The first-order valence-electron chi connectivity index (χ1n) is 3.82. The number of methoxy groups -OCH3 is 1. The fourth-order valence-corrected chi connectivity index (χ4v) is 1.02. The quantitative estimate of drug-likeness (QED) is 0.435. The number of benzene rings is 1. The van der Waals surface area contributed by atoms with Crippen molar-refractivity contribution in [2.75, 3.05) is 18.6 Å². The van der Waals surface area contributed by atoms with Crippen molar-refractivity contribution < 1.29 is 13.9 Å². The summed E-state index contributed by atoms with van der Waals surface area (Å²) < 4.78 is 17.6. The van der Waals surface area contributed by atoms with E-state index in [1.165, 1.54) is 0 Å². The largest absolute Gasteiger partial charge is 0.465 e. The molecule has 0 heterocycles. The lowest BCUT2D eigenvalue weighted by Crippen LogP contribution is -2.09. The smallest absolute Gasteiger partial charge is 0.340 e. The molecule has 0 saturated carbocycles. The normalized spacial score (nSPS) is 9.73. The molecule has 0 aliphatic rings. The summed E-state index contributed by atoms with van der Waals surface area (Å²) in [5.74, 6) is -1.91. The lowest BCUT2D eigenvalue weighted by molar-refractivity contribution is 0.0601. The maximum Gasteiger partial charge on any atom is 0.340 e. The molecule has 0 unspecified atom stereocenters. The van der Waals surface area contributed by atoms with Crippen molar-refractivity contribution in [1.82, 2.24) is 0 Å². The molecule has 0 aliphatic carbocycles. The van der Waals surface area contributed by atoms with Crippen LogP contribution in [0.15, 0.2) is 11.2 Å². The number of ether oxygens (including phenoxy) is 1. The maximum atomic E-state index is 13.3. The maximum absolute atomic E-state index is 13.3. The Morgan fingerprint density at radius 1 is 1.47 bits per heavy atom. The van der Waals surface area contributed by atoms with Crippen LogP contribution in [0.5, 0.6) is 0 Å². The summed E-state index contributed by atoms with van der Waals surface area (Å²) in [5, 5.41) is 2.47. The number of carbonyl (C=O) groups is 1. The molecule has 4 N–H and O–H groups in total. The number of rotatable bonds is 2. The second-order valence-electron chi connectivity index (χ2n) is 2.67. The number of esters is 1. The van der Waals surface area contributed by atoms with Crippen molar-refractivity contribution in [3.05, 3.63) is 22.4 Å². The molecule has 0 spiro atoms. The molecule has 6 nitrogen and oxygen atoms in total. The molecule has 0 saturated heterocycles. The zero-order valence-corrected chi connectivity index (χ0v) is 7.78. The molecule has 0 fully saturated rings. The standard InChI is InChI=1S/C8H8FN3O3/c1-15-8(13)3-2-4(12-14)7(11)5(9)6(3)10/h2H,10-11H2,1H3. The summed E-state index contributed by atoms with van der Waals surface area (Å²) in [7, 11) is 1.10. The highest BCUT2D eigenvalue weighted by molar-refractivity contribution is 5.97. The molecule has 1 aromatic rings. The van der Waals surface area contributed by atoms with Gasteiger partial charge in [-0.05, 0) is 11.2 Å². The van der Waals surface area contributed by atoms with E-state index in [1.807, 2.05) is 0 Å². The van der Waals surface area contributed by atoms with E-state index in [-0.39, 0.29) is 11.3 Å². The number of hydrogen-bond donors (Lipinski definition) is 2. The molecular weight excluding hydrogens is 205 g/mol. The third-order valence-corrected chi connectivity index (χ3v) is 1.82. The van der Waals surface area contributed by atoms with Gasteiger partial charge in [-0.15, -0.1) is 4.91 Å². The SMILES string of the molecule is COC(=O)c1cc(N=O)c(N)c(F)c1N. The first-order valence-corrected chi connectivity index (χ1v) is 3.82. The van der Waals surface area contributed by atoms with E-state index < -0.39 is 23.2 Å². The highest BCUT2D eigenvalue weighted by Gasteiger charge is 2.19. The van der Waals surface area contributed by atoms with E-state index >= 15 is 0 Å². The van der Waals surface area contributed by atoms with E-state index in [0.29, 0.717) is 0 Å². The topological polar surface area (TPSA) is 108 Å². The third kappa shape index (κ3) is 1.71. The summed E-state index contributed by atoms with van der Waals surface area (Å²) in [6.07, 6.45) is 0. The number of hydrogen-bond acceptors (Lipinski definition) is 6. The number of nitrogens with two attached hydrogens (primary N) is 2. The number of halogens is 1. The van der Waals surface area contributed by atoms with Gasteiger partial charge < -0.3 is 16.2 Å². The number of nitrogens with zero attached hydrogens (tertiary/aromatic N) is 1. The number of nitrogen functional groups attached to an aromatic ring is 2. The summed E-state index contributed by atoms with van der Waals surface area (Å²) in [4.78, 5) is 21.4. The lowest BCUT2D eigenvalue weighted by atomic mass is 10.1. The van der Waals surface area contributed by atoms with Gasteiger partial charge in [0.2, 0.25) is 0 Å². The Morgan fingerprint density at radius 2 is 2.07 bits per heavy atom. The second-order valence-corrected chi connectivity index (χ2v) is 2.67. The van der Waals surface area contributed by atoms with Crippen LogP contribution >= 0.6 is 0 Å². The molecule has 15 heavy (non-hydrogen) atoms. The van der Waals surface area contributed by atoms with E-state index in [2.05, 4.69) is 9.91 Å². The first kappa shape index (κ1) is 10.9. The highest BCUT2D eigenvalue weighted by atomic mass is 19.1. The molecule has 0 aromatic heterocycles. The Balaban J connectivity index is 3.48. The minimum absolute atomic E-state index is 0.279. The van der Waals surface area contributed by atoms with Gasteiger partial charge in [0.05, 0.1) is 24.0 Å². The van der Waals surface area contributed by atoms with Gasteiger partial charge in [-0.3, -0.25) is 0 Å². The van der Waals surface area contributed by atoms with Crippen molar-refractivity contribution >= 4 is 23.0 Å². The minimum Gasteiger partial charge on any atom is -0.465 e. The van der Waals surface area contributed by atoms with Crippen molar-refractivity contribution in [2.24, 2.45) is 5.18 Å². The van der Waals surface area contributed by atoms with Crippen LogP contribution in [0.25, 0.3) is 0 Å². The zero-order chi connectivity index (χ0) is 11.6. The second kappa shape index (κ2) is 3.91. The van der Waals surface area contributed by atoms with Gasteiger partial charge in [-0.2, -0.15) is 0 Å². The first-order chi connectivity index (χ1) is 7.02. The lowest BCUT2D eigenvalue weighted by Gasteiger charge is -2.07. The van der Waals surface area contributed by atoms with E-state index in [9.17, 15) is 14.1 Å². The fourth-order valence-electron chi connectivity index (χ4n) is 1.02. The summed E-state index contributed by atoms with van der Waals surface area (Å²) >= 11 is 0. The molecule has 0 bridgehead atoms. The van der Waals surface area contributed by atoms with Crippen LogP contribution in [0.2, 0.25) is 0 Å². The Kier molecular flexibility index (Phi) is 2.84. The van der Waals surface area contributed by atoms with Gasteiger partial charge in [0.15, 0.2) is 5.82 Å². The van der Waals surface area contributed by atoms with Gasteiger partial charge in [0, 0.05) is 0 Å². The average Bonchev–Trinajstić information content (AvgIpc) is 2.25. The number of anilines is 2. The van der Waals surface area contributed by atoms with E-state index in [0.717, 1.165) is 13.2 Å². The summed E-state index contributed by atoms with van der Waals surface area (Å²) in [6.45, 7) is 0. The Labute approximate surface area is 84.0 Å².